The lowest BCUT2D eigenvalue weighted by Crippen LogP contribution is -2.42. The molecule has 4 N–H and O–H groups in total. The first-order valence-electron chi connectivity index (χ1n) is 11.3. The van der Waals surface area contributed by atoms with E-state index in [9.17, 15) is 23.5 Å². The normalized spacial score (nSPS) is 12.8. The van der Waals surface area contributed by atoms with Crippen LogP contribution in [0.5, 0.6) is 0 Å². The zero-order valence-corrected chi connectivity index (χ0v) is 21.6. The Bertz CT molecular complexity index is 1480. The lowest BCUT2D eigenvalue weighted by molar-refractivity contribution is -0.138. The van der Waals surface area contributed by atoms with Gasteiger partial charge in [0.15, 0.2) is 0 Å². The number of nitrogens with zero attached hydrogens (tertiary/aromatic N) is 1. The smallest absolute Gasteiger partial charge is 0.327 e. The lowest BCUT2D eigenvalue weighted by atomic mass is 10.1. The molecule has 0 fully saturated rings. The highest BCUT2D eigenvalue weighted by Gasteiger charge is 2.30. The molecule has 0 aliphatic rings. The monoisotopic (exact) mass is 563 g/mol. The van der Waals surface area contributed by atoms with Crippen LogP contribution in [0.2, 0.25) is 10.0 Å². The summed E-state index contributed by atoms with van der Waals surface area (Å²) in [6, 6.07) is 15.2. The van der Waals surface area contributed by atoms with Gasteiger partial charge >= 0.3 is 12.0 Å². The fourth-order valence-corrected chi connectivity index (χ4v) is 4.99. The molecule has 1 aromatic heterocycles. The second-order valence-electron chi connectivity index (χ2n) is 8.19. The van der Waals surface area contributed by atoms with Gasteiger partial charge in [-0.2, -0.15) is 0 Å². The van der Waals surface area contributed by atoms with Gasteiger partial charge in [-0.05, 0) is 61.7 Å². The Morgan fingerprint density at radius 1 is 0.973 bits per heavy atom. The summed E-state index contributed by atoms with van der Waals surface area (Å²) >= 11 is 9.21. The van der Waals surface area contributed by atoms with Gasteiger partial charge < -0.3 is 20.2 Å². The molecule has 37 heavy (non-hydrogen) atoms. The number of benzene rings is 3. The molecule has 0 radical (unpaired) electrons. The minimum absolute atomic E-state index is 0.0852. The Balaban J connectivity index is 1.38. The molecular weight excluding hydrogens is 541 g/mol. The number of carboxylic acid groups (broad SMARTS) is 1. The molecule has 4 rings (SSSR count). The Kier molecular flexibility index (Phi) is 8.55. The van der Waals surface area contributed by atoms with Gasteiger partial charge in [-0.15, -0.1) is 0 Å². The molecule has 0 spiro atoms. The summed E-state index contributed by atoms with van der Waals surface area (Å²) in [5, 5.41) is 17.4. The minimum Gasteiger partial charge on any atom is -0.480 e. The van der Waals surface area contributed by atoms with Crippen molar-refractivity contribution in [2.45, 2.75) is 25.3 Å². The molecule has 0 bridgehead atoms. The van der Waals surface area contributed by atoms with Crippen molar-refractivity contribution in [3.05, 3.63) is 70.7 Å². The van der Waals surface area contributed by atoms with E-state index in [2.05, 4.69) is 10.6 Å². The van der Waals surface area contributed by atoms with Crippen LogP contribution < -0.4 is 14.9 Å². The summed E-state index contributed by atoms with van der Waals surface area (Å²) in [6.07, 6.45) is 0.923. The third-order valence-corrected chi connectivity index (χ3v) is 7.26. The number of hydrogen-bond acceptors (Lipinski definition) is 4. The van der Waals surface area contributed by atoms with Crippen LogP contribution in [-0.4, -0.2) is 38.5 Å². The summed E-state index contributed by atoms with van der Waals surface area (Å²) in [5.41, 5.74) is 2.01. The number of fused-ring (bicyclic) bond motifs is 3. The number of anilines is 2. The summed E-state index contributed by atoms with van der Waals surface area (Å²) in [6.45, 7) is 0.272. The summed E-state index contributed by atoms with van der Waals surface area (Å²) in [4.78, 5) is 24.2. The van der Waals surface area contributed by atoms with Crippen LogP contribution in [0, 0.1) is 0 Å². The van der Waals surface area contributed by atoms with E-state index in [1.54, 1.807) is 30.3 Å². The van der Waals surface area contributed by atoms with Crippen LogP contribution in [0.1, 0.15) is 19.3 Å². The third kappa shape index (κ3) is 6.34. The van der Waals surface area contributed by atoms with E-state index < -0.39 is 29.3 Å². The number of carbonyl (C=O) groups excluding carboxylic acids is 1. The summed E-state index contributed by atoms with van der Waals surface area (Å²) in [7, 11) is 0. The topological polar surface area (TPSA) is 132 Å². The maximum absolute atomic E-state index is 12.2. The fourth-order valence-electron chi connectivity index (χ4n) is 3.98. The molecule has 0 saturated heterocycles. The SMILES string of the molecule is O=C(NCCCCC(C(=O)O)N(c1ccc2oc3ccccc3c2c1)S(=O)O)Nc1ccc(Cl)c(Cl)c1. The molecule has 1 heterocycles. The van der Waals surface area contributed by atoms with Crippen molar-refractivity contribution in [3.63, 3.8) is 0 Å². The van der Waals surface area contributed by atoms with Crippen LogP contribution in [0.15, 0.2) is 65.1 Å². The molecule has 0 aliphatic carbocycles. The number of hydrogen-bond donors (Lipinski definition) is 4. The molecular formula is C25H23Cl2N3O6S. The van der Waals surface area contributed by atoms with E-state index in [0.717, 1.165) is 9.69 Å². The Labute approximate surface area is 224 Å². The van der Waals surface area contributed by atoms with Crippen molar-refractivity contribution >= 4 is 79.8 Å². The van der Waals surface area contributed by atoms with Crippen molar-refractivity contribution < 1.29 is 27.9 Å². The Morgan fingerprint density at radius 2 is 1.73 bits per heavy atom. The first kappa shape index (κ1) is 26.7. The number of carboxylic acids is 1. The lowest BCUT2D eigenvalue weighted by Gasteiger charge is -2.27. The molecule has 2 unspecified atom stereocenters. The highest BCUT2D eigenvalue weighted by molar-refractivity contribution is 7.80. The van der Waals surface area contributed by atoms with E-state index >= 15 is 0 Å². The first-order valence-corrected chi connectivity index (χ1v) is 13.1. The number of aliphatic carboxylic acids is 1. The molecule has 194 valence electrons. The number of halogens is 2. The molecule has 0 aliphatic heterocycles. The van der Waals surface area contributed by atoms with Crippen LogP contribution in [0.3, 0.4) is 0 Å². The predicted molar refractivity (Wildman–Crippen MR) is 146 cm³/mol. The van der Waals surface area contributed by atoms with E-state index in [-0.39, 0.29) is 18.7 Å². The predicted octanol–water partition coefficient (Wildman–Crippen LogP) is 6.28. The van der Waals surface area contributed by atoms with E-state index in [0.29, 0.717) is 45.1 Å². The number of nitrogens with one attached hydrogen (secondary N) is 2. The first-order chi connectivity index (χ1) is 17.7. The molecule has 2 atom stereocenters. The highest BCUT2D eigenvalue weighted by Crippen LogP contribution is 2.33. The van der Waals surface area contributed by atoms with E-state index in [1.165, 1.54) is 6.07 Å². The number of para-hydroxylation sites is 1. The van der Waals surface area contributed by atoms with Gasteiger partial charge in [-0.1, -0.05) is 41.4 Å². The van der Waals surface area contributed by atoms with E-state index in [1.807, 2.05) is 24.3 Å². The van der Waals surface area contributed by atoms with Crippen molar-refractivity contribution in [1.29, 1.82) is 0 Å². The molecule has 3 aromatic carbocycles. The van der Waals surface area contributed by atoms with Gasteiger partial charge in [-0.3, -0.25) is 8.86 Å². The third-order valence-electron chi connectivity index (χ3n) is 5.72. The quantitative estimate of drug-likeness (QED) is 0.132. The average molecular weight is 564 g/mol. The maximum atomic E-state index is 12.2. The summed E-state index contributed by atoms with van der Waals surface area (Å²) in [5.74, 6) is -1.23. The maximum Gasteiger partial charge on any atom is 0.327 e. The second-order valence-corrected chi connectivity index (χ2v) is 9.86. The average Bonchev–Trinajstić information content (AvgIpc) is 3.23. The zero-order chi connectivity index (χ0) is 26.5. The van der Waals surface area contributed by atoms with Gasteiger partial charge in [0.2, 0.25) is 0 Å². The zero-order valence-electron chi connectivity index (χ0n) is 19.3. The summed E-state index contributed by atoms with van der Waals surface area (Å²) < 4.78 is 29.0. The van der Waals surface area contributed by atoms with Crippen LogP contribution >= 0.6 is 23.2 Å². The van der Waals surface area contributed by atoms with Crippen molar-refractivity contribution in [1.82, 2.24) is 5.32 Å². The molecule has 0 saturated carbocycles. The van der Waals surface area contributed by atoms with Gasteiger partial charge in [0.1, 0.15) is 17.2 Å². The van der Waals surface area contributed by atoms with Crippen LogP contribution in [0.4, 0.5) is 16.2 Å². The minimum atomic E-state index is -2.59. The number of urea groups is 1. The van der Waals surface area contributed by atoms with Crippen molar-refractivity contribution in [2.24, 2.45) is 0 Å². The Morgan fingerprint density at radius 3 is 2.46 bits per heavy atom. The number of amides is 2. The highest BCUT2D eigenvalue weighted by atomic mass is 35.5. The van der Waals surface area contributed by atoms with Crippen molar-refractivity contribution in [2.75, 3.05) is 16.2 Å². The van der Waals surface area contributed by atoms with Crippen LogP contribution in [0.25, 0.3) is 21.9 Å². The van der Waals surface area contributed by atoms with Gasteiger partial charge in [0.05, 0.1) is 15.7 Å². The number of rotatable bonds is 10. The number of unbranched alkanes of at least 4 members (excludes halogenated alkanes) is 1. The molecule has 2 amide bonds. The van der Waals surface area contributed by atoms with E-state index in [4.69, 9.17) is 27.6 Å². The molecule has 12 heteroatoms. The van der Waals surface area contributed by atoms with Crippen LogP contribution in [-0.2, 0) is 16.1 Å². The number of furan rings is 1. The largest absolute Gasteiger partial charge is 0.480 e. The molecule has 4 aromatic rings. The van der Waals surface area contributed by atoms with Crippen molar-refractivity contribution in [3.8, 4) is 0 Å². The Hall–Kier alpha value is -3.31. The standard InChI is InChI=1S/C25H23Cl2N3O6S/c26-19-10-8-15(13-20(19)27)29-25(33)28-12-4-3-6-21(24(31)32)30(37(34)35)16-9-11-23-18(14-16)17-5-1-2-7-22(17)36-23/h1-2,5,7-11,13-14,21H,3-4,6,12H2,(H,31,32)(H,34,35)(H2,28,29,33). The van der Waals surface area contributed by atoms with Gasteiger partial charge in [0.25, 0.3) is 11.3 Å². The fraction of sp³-hybridized carbons (Fsp3) is 0.200. The number of carbonyl (C=O) groups is 2. The van der Waals surface area contributed by atoms with Gasteiger partial charge in [0, 0.05) is 23.0 Å². The van der Waals surface area contributed by atoms with Gasteiger partial charge in [-0.25, -0.2) is 13.8 Å². The molecule has 9 nitrogen and oxygen atoms in total. The second kappa shape index (κ2) is 11.8.